The Labute approximate surface area is 143 Å². The van der Waals surface area contributed by atoms with E-state index >= 15 is 0 Å². The Morgan fingerprint density at radius 3 is 2.83 bits per heavy atom. The first-order chi connectivity index (χ1) is 11.0. The number of H-pyrrole nitrogens is 1. The number of hydrogen-bond acceptors (Lipinski definition) is 4. The van der Waals surface area contributed by atoms with Gasteiger partial charge in [0.15, 0.2) is 0 Å². The summed E-state index contributed by atoms with van der Waals surface area (Å²) >= 11 is 6.34. The van der Waals surface area contributed by atoms with Gasteiger partial charge in [-0.05, 0) is 46.1 Å². The fourth-order valence-corrected chi connectivity index (χ4v) is 2.58. The Morgan fingerprint density at radius 1 is 1.39 bits per heavy atom. The van der Waals surface area contributed by atoms with Gasteiger partial charge in [0.25, 0.3) is 0 Å². The molecule has 2 aromatic rings. The molecule has 6 heteroatoms. The van der Waals surface area contributed by atoms with Gasteiger partial charge in [0.05, 0.1) is 16.8 Å². The van der Waals surface area contributed by atoms with Crippen LogP contribution in [0.2, 0.25) is 5.02 Å². The molecule has 0 aliphatic heterocycles. The minimum Gasteiger partial charge on any atom is -0.489 e. The van der Waals surface area contributed by atoms with E-state index in [9.17, 15) is 0 Å². The van der Waals surface area contributed by atoms with Gasteiger partial charge >= 0.3 is 0 Å². The first-order valence-corrected chi connectivity index (χ1v) is 8.21. The van der Waals surface area contributed by atoms with E-state index in [0.29, 0.717) is 10.8 Å². The van der Waals surface area contributed by atoms with Gasteiger partial charge in [-0.1, -0.05) is 11.6 Å². The van der Waals surface area contributed by atoms with E-state index in [-0.39, 0.29) is 6.10 Å². The molecule has 1 heterocycles. The van der Waals surface area contributed by atoms with E-state index < -0.39 is 0 Å². The number of aromatic nitrogens is 2. The maximum absolute atomic E-state index is 6.34. The average molecular weight is 337 g/mol. The predicted octanol–water partition coefficient (Wildman–Crippen LogP) is 3.17. The molecular formula is C17H25ClN4O. The fourth-order valence-electron chi connectivity index (χ4n) is 2.36. The summed E-state index contributed by atoms with van der Waals surface area (Å²) in [5, 5.41) is 11.1. The topological polar surface area (TPSA) is 53.2 Å². The third kappa shape index (κ3) is 4.96. The van der Waals surface area contributed by atoms with Crippen molar-refractivity contribution in [1.29, 1.82) is 0 Å². The minimum absolute atomic E-state index is 0.0973. The van der Waals surface area contributed by atoms with Crippen molar-refractivity contribution in [1.82, 2.24) is 20.4 Å². The van der Waals surface area contributed by atoms with Crippen LogP contribution in [0.3, 0.4) is 0 Å². The molecule has 0 spiro atoms. The molecule has 2 rings (SSSR count). The number of halogens is 1. The number of benzene rings is 1. The Hall–Kier alpha value is -1.56. The highest BCUT2D eigenvalue weighted by Gasteiger charge is 2.13. The van der Waals surface area contributed by atoms with Crippen molar-refractivity contribution in [2.45, 2.75) is 26.5 Å². The lowest BCUT2D eigenvalue weighted by Gasteiger charge is -2.16. The molecule has 0 unspecified atom stereocenters. The predicted molar refractivity (Wildman–Crippen MR) is 95.1 cm³/mol. The smallest absolute Gasteiger partial charge is 0.138 e. The van der Waals surface area contributed by atoms with Crippen molar-refractivity contribution in [3.8, 4) is 17.0 Å². The first kappa shape index (κ1) is 17.8. The SMILES string of the molecule is CNCCN(C)Cc1c[nH]nc1-c1ccc(OC(C)C)c(Cl)c1. The zero-order valence-corrected chi connectivity index (χ0v) is 14.9. The summed E-state index contributed by atoms with van der Waals surface area (Å²) in [7, 11) is 4.06. The van der Waals surface area contributed by atoms with Crippen molar-refractivity contribution in [3.05, 3.63) is 35.0 Å². The average Bonchev–Trinajstić information content (AvgIpc) is 2.95. The molecule has 0 atom stereocenters. The highest BCUT2D eigenvalue weighted by atomic mass is 35.5. The highest BCUT2D eigenvalue weighted by molar-refractivity contribution is 6.32. The van der Waals surface area contributed by atoms with Crippen LogP contribution in [0, 0.1) is 0 Å². The largest absolute Gasteiger partial charge is 0.489 e. The van der Waals surface area contributed by atoms with Gasteiger partial charge in [-0.3, -0.25) is 5.10 Å². The molecule has 5 nitrogen and oxygen atoms in total. The fraction of sp³-hybridized carbons (Fsp3) is 0.471. The molecule has 0 fully saturated rings. The lowest BCUT2D eigenvalue weighted by molar-refractivity contribution is 0.242. The normalized spacial score (nSPS) is 11.4. The molecule has 0 saturated heterocycles. The maximum atomic E-state index is 6.34. The van der Waals surface area contributed by atoms with Crippen LogP contribution in [-0.2, 0) is 6.54 Å². The molecule has 1 aromatic carbocycles. The van der Waals surface area contributed by atoms with Gasteiger partial charge in [-0.15, -0.1) is 0 Å². The van der Waals surface area contributed by atoms with E-state index in [0.717, 1.165) is 36.5 Å². The number of nitrogens with zero attached hydrogens (tertiary/aromatic N) is 2. The van der Waals surface area contributed by atoms with Gasteiger partial charge in [0.1, 0.15) is 5.75 Å². The molecule has 0 amide bonds. The number of ether oxygens (including phenoxy) is 1. The van der Waals surface area contributed by atoms with E-state index in [1.807, 2.05) is 45.3 Å². The number of likely N-dealkylation sites (N-methyl/N-ethyl adjacent to an activating group) is 2. The summed E-state index contributed by atoms with van der Waals surface area (Å²) in [6.07, 6.45) is 2.04. The quantitative estimate of drug-likeness (QED) is 0.777. The van der Waals surface area contributed by atoms with Crippen LogP contribution < -0.4 is 10.1 Å². The summed E-state index contributed by atoms with van der Waals surface area (Å²) in [5.41, 5.74) is 3.07. The van der Waals surface area contributed by atoms with Crippen LogP contribution in [-0.4, -0.2) is 48.4 Å². The molecule has 0 aliphatic carbocycles. The van der Waals surface area contributed by atoms with Crippen molar-refractivity contribution < 1.29 is 4.74 Å². The Morgan fingerprint density at radius 2 is 2.17 bits per heavy atom. The monoisotopic (exact) mass is 336 g/mol. The number of nitrogens with one attached hydrogen (secondary N) is 2. The van der Waals surface area contributed by atoms with Crippen LogP contribution in [0.5, 0.6) is 5.75 Å². The van der Waals surface area contributed by atoms with E-state index in [1.54, 1.807) is 0 Å². The van der Waals surface area contributed by atoms with Crippen LogP contribution in [0.15, 0.2) is 24.4 Å². The second-order valence-corrected chi connectivity index (χ2v) is 6.32. The number of hydrogen-bond donors (Lipinski definition) is 2. The lowest BCUT2D eigenvalue weighted by atomic mass is 10.1. The summed E-state index contributed by atoms with van der Waals surface area (Å²) < 4.78 is 5.68. The van der Waals surface area contributed by atoms with Crippen molar-refractivity contribution in [2.75, 3.05) is 27.2 Å². The van der Waals surface area contributed by atoms with Gasteiger partial charge in [0, 0.05) is 37.0 Å². The molecule has 1 aromatic heterocycles. The van der Waals surface area contributed by atoms with Crippen molar-refractivity contribution in [3.63, 3.8) is 0 Å². The standard InChI is InChI=1S/C17H25ClN4O/c1-12(2)23-16-6-5-13(9-15(16)18)17-14(10-20-21-17)11-22(4)8-7-19-3/h5-6,9-10,12,19H,7-8,11H2,1-4H3,(H,20,21). The Bertz CT molecular complexity index is 627. The summed E-state index contributed by atoms with van der Waals surface area (Å²) in [4.78, 5) is 2.25. The third-order valence-corrected chi connectivity index (χ3v) is 3.77. The van der Waals surface area contributed by atoms with Crippen molar-refractivity contribution in [2.24, 2.45) is 0 Å². The van der Waals surface area contributed by atoms with Gasteiger partial charge in [-0.2, -0.15) is 5.10 Å². The van der Waals surface area contributed by atoms with Crippen molar-refractivity contribution >= 4 is 11.6 Å². The van der Waals surface area contributed by atoms with Gasteiger partial charge in [-0.25, -0.2) is 0 Å². The molecule has 23 heavy (non-hydrogen) atoms. The first-order valence-electron chi connectivity index (χ1n) is 7.83. The second kappa shape index (κ2) is 8.34. The van der Waals surface area contributed by atoms with E-state index in [2.05, 4.69) is 27.5 Å². The number of aromatic amines is 1. The summed E-state index contributed by atoms with van der Waals surface area (Å²) in [6.45, 7) is 6.73. The molecular weight excluding hydrogens is 312 g/mol. The second-order valence-electron chi connectivity index (χ2n) is 5.91. The van der Waals surface area contributed by atoms with Crippen LogP contribution >= 0.6 is 11.6 Å². The molecule has 0 aliphatic rings. The molecule has 0 bridgehead atoms. The maximum Gasteiger partial charge on any atom is 0.138 e. The van der Waals surface area contributed by atoms with Crippen LogP contribution in [0.4, 0.5) is 0 Å². The molecule has 0 saturated carbocycles. The van der Waals surface area contributed by atoms with Crippen LogP contribution in [0.25, 0.3) is 11.3 Å². The van der Waals surface area contributed by atoms with Gasteiger partial charge in [0.2, 0.25) is 0 Å². The Balaban J connectivity index is 2.16. The van der Waals surface area contributed by atoms with E-state index in [4.69, 9.17) is 16.3 Å². The summed E-state index contributed by atoms with van der Waals surface area (Å²) in [5.74, 6) is 0.702. The minimum atomic E-state index is 0.0973. The van der Waals surface area contributed by atoms with E-state index in [1.165, 1.54) is 0 Å². The lowest BCUT2D eigenvalue weighted by Crippen LogP contribution is -2.26. The molecule has 126 valence electrons. The zero-order valence-electron chi connectivity index (χ0n) is 14.2. The highest BCUT2D eigenvalue weighted by Crippen LogP contribution is 2.31. The summed E-state index contributed by atoms with van der Waals surface area (Å²) in [6, 6.07) is 5.81. The molecule has 2 N–H and O–H groups in total. The number of rotatable bonds is 8. The zero-order chi connectivity index (χ0) is 16.8. The Kier molecular flexibility index (Phi) is 6.45. The third-order valence-electron chi connectivity index (χ3n) is 3.47. The van der Waals surface area contributed by atoms with Gasteiger partial charge < -0.3 is 15.0 Å². The molecule has 0 radical (unpaired) electrons. The van der Waals surface area contributed by atoms with Crippen LogP contribution in [0.1, 0.15) is 19.4 Å².